The van der Waals surface area contributed by atoms with Crippen LogP contribution in [0.4, 0.5) is 0 Å². The van der Waals surface area contributed by atoms with E-state index in [4.69, 9.17) is 9.47 Å². The molecule has 25 heavy (non-hydrogen) atoms. The molecule has 1 aliphatic heterocycles. The fourth-order valence-corrected chi connectivity index (χ4v) is 3.03. The van der Waals surface area contributed by atoms with Gasteiger partial charge in [-0.3, -0.25) is 14.5 Å². The van der Waals surface area contributed by atoms with E-state index in [9.17, 15) is 9.59 Å². The summed E-state index contributed by atoms with van der Waals surface area (Å²) in [5.74, 6) is 0.655. The zero-order valence-corrected chi connectivity index (χ0v) is 15.3. The number of carbonyl (C=O) groups excluding carboxylic acids is 2. The summed E-state index contributed by atoms with van der Waals surface area (Å²) in [5.41, 5.74) is 1.03. The second kappa shape index (κ2) is 9.42. The van der Waals surface area contributed by atoms with Crippen molar-refractivity contribution in [3.05, 3.63) is 29.8 Å². The summed E-state index contributed by atoms with van der Waals surface area (Å²) >= 11 is 0. The van der Waals surface area contributed by atoms with Crippen LogP contribution in [0.3, 0.4) is 0 Å². The average Bonchev–Trinajstić information content (AvgIpc) is 2.66. The summed E-state index contributed by atoms with van der Waals surface area (Å²) in [7, 11) is 1.63. The lowest BCUT2D eigenvalue weighted by molar-refractivity contribution is -0.149. The van der Waals surface area contributed by atoms with Crippen molar-refractivity contribution in [2.45, 2.75) is 39.3 Å². The number of rotatable bonds is 7. The van der Waals surface area contributed by atoms with Gasteiger partial charge in [-0.15, -0.1) is 0 Å². The van der Waals surface area contributed by atoms with Crippen molar-refractivity contribution in [2.75, 3.05) is 26.8 Å². The lowest BCUT2D eigenvalue weighted by Gasteiger charge is -2.34. The Hall–Kier alpha value is -2.08. The molecule has 1 unspecified atom stereocenters. The van der Waals surface area contributed by atoms with Crippen molar-refractivity contribution < 1.29 is 19.1 Å². The van der Waals surface area contributed by atoms with Crippen LogP contribution in [0, 0.1) is 5.92 Å². The molecule has 0 spiro atoms. The Morgan fingerprint density at radius 2 is 1.88 bits per heavy atom. The predicted octanol–water partition coefficient (Wildman–Crippen LogP) is 1.97. The minimum absolute atomic E-state index is 0.00500. The number of ether oxygens (including phenoxy) is 2. The highest BCUT2D eigenvalue weighted by molar-refractivity contribution is 5.81. The molecule has 1 aromatic rings. The number of amides is 1. The molecule has 1 aromatic carbocycles. The van der Waals surface area contributed by atoms with Gasteiger partial charge in [0.2, 0.25) is 5.91 Å². The second-order valence-electron chi connectivity index (χ2n) is 6.30. The van der Waals surface area contributed by atoms with Gasteiger partial charge in [-0.25, -0.2) is 0 Å². The number of likely N-dealkylation sites (tertiary alicyclic amines) is 1. The molecule has 138 valence electrons. The molecule has 1 aliphatic rings. The van der Waals surface area contributed by atoms with Crippen LogP contribution in [-0.4, -0.2) is 49.6 Å². The first-order chi connectivity index (χ1) is 12.0. The van der Waals surface area contributed by atoms with Gasteiger partial charge in [0.1, 0.15) is 5.75 Å². The fraction of sp³-hybridized carbons (Fsp3) is 0.579. The topological polar surface area (TPSA) is 67.9 Å². The van der Waals surface area contributed by atoms with E-state index < -0.39 is 0 Å². The van der Waals surface area contributed by atoms with E-state index in [1.807, 2.05) is 38.1 Å². The van der Waals surface area contributed by atoms with E-state index in [0.29, 0.717) is 13.2 Å². The van der Waals surface area contributed by atoms with Crippen LogP contribution in [-0.2, 0) is 20.9 Å². The minimum atomic E-state index is -0.207. The van der Waals surface area contributed by atoms with Gasteiger partial charge < -0.3 is 14.8 Å². The summed E-state index contributed by atoms with van der Waals surface area (Å²) < 4.78 is 10.2. The van der Waals surface area contributed by atoms with Gasteiger partial charge >= 0.3 is 5.97 Å². The zero-order valence-electron chi connectivity index (χ0n) is 15.3. The zero-order chi connectivity index (χ0) is 18.2. The monoisotopic (exact) mass is 348 g/mol. The molecule has 1 amide bonds. The molecular formula is C19H28N2O4. The van der Waals surface area contributed by atoms with Crippen LogP contribution in [0.1, 0.15) is 32.3 Å². The first-order valence-electron chi connectivity index (χ1n) is 8.86. The maximum atomic E-state index is 12.4. The van der Waals surface area contributed by atoms with E-state index >= 15 is 0 Å². The largest absolute Gasteiger partial charge is 0.497 e. The van der Waals surface area contributed by atoms with Crippen LogP contribution < -0.4 is 10.1 Å². The highest BCUT2D eigenvalue weighted by atomic mass is 16.5. The molecule has 6 nitrogen and oxygen atoms in total. The standard InChI is InChI=1S/C19H28N2O4/c1-4-25-19(23)16-9-11-21(12-10-16)14(2)18(22)20-13-15-5-7-17(24-3)8-6-15/h5-8,14,16H,4,9-13H2,1-3H3,(H,20,22). The van der Waals surface area contributed by atoms with Gasteiger partial charge in [-0.2, -0.15) is 0 Å². The number of hydrogen-bond donors (Lipinski definition) is 1. The molecule has 6 heteroatoms. The smallest absolute Gasteiger partial charge is 0.309 e. The van der Waals surface area contributed by atoms with E-state index in [0.717, 1.165) is 37.2 Å². The molecule has 0 aliphatic carbocycles. The average molecular weight is 348 g/mol. The third-order valence-corrected chi connectivity index (χ3v) is 4.70. The maximum absolute atomic E-state index is 12.4. The van der Waals surface area contributed by atoms with Crippen LogP contribution in [0.15, 0.2) is 24.3 Å². The van der Waals surface area contributed by atoms with Crippen molar-refractivity contribution in [2.24, 2.45) is 5.92 Å². The van der Waals surface area contributed by atoms with Crippen molar-refractivity contribution in [1.29, 1.82) is 0 Å². The molecule has 1 fully saturated rings. The van der Waals surface area contributed by atoms with Gasteiger partial charge in [0.05, 0.1) is 25.7 Å². The highest BCUT2D eigenvalue weighted by Gasteiger charge is 2.30. The normalized spacial score (nSPS) is 16.9. The minimum Gasteiger partial charge on any atom is -0.497 e. The van der Waals surface area contributed by atoms with Crippen LogP contribution in [0.2, 0.25) is 0 Å². The third-order valence-electron chi connectivity index (χ3n) is 4.70. The van der Waals surface area contributed by atoms with Crippen LogP contribution in [0.5, 0.6) is 5.75 Å². The summed E-state index contributed by atoms with van der Waals surface area (Å²) in [6, 6.07) is 7.43. The summed E-state index contributed by atoms with van der Waals surface area (Å²) in [6.45, 7) is 6.12. The lowest BCUT2D eigenvalue weighted by atomic mass is 9.96. The molecule has 1 saturated heterocycles. The maximum Gasteiger partial charge on any atom is 0.309 e. The molecule has 0 bridgehead atoms. The van der Waals surface area contributed by atoms with Gasteiger partial charge in [0, 0.05) is 6.54 Å². The highest BCUT2D eigenvalue weighted by Crippen LogP contribution is 2.20. The van der Waals surface area contributed by atoms with E-state index in [-0.39, 0.29) is 23.8 Å². The quantitative estimate of drug-likeness (QED) is 0.763. The first kappa shape index (κ1) is 19.2. The van der Waals surface area contributed by atoms with Crippen molar-refractivity contribution in [1.82, 2.24) is 10.2 Å². The molecule has 2 rings (SSSR count). The first-order valence-corrected chi connectivity index (χ1v) is 8.86. The number of benzene rings is 1. The molecule has 1 atom stereocenters. The predicted molar refractivity (Wildman–Crippen MR) is 95.2 cm³/mol. The number of methoxy groups -OCH3 is 1. The summed E-state index contributed by atoms with van der Waals surface area (Å²) in [5, 5.41) is 2.97. The van der Waals surface area contributed by atoms with Gasteiger partial charge in [0.15, 0.2) is 0 Å². The SMILES string of the molecule is CCOC(=O)C1CCN(C(C)C(=O)NCc2ccc(OC)cc2)CC1. The summed E-state index contributed by atoms with van der Waals surface area (Å²) in [4.78, 5) is 26.3. The Morgan fingerprint density at radius 1 is 1.24 bits per heavy atom. The Morgan fingerprint density at radius 3 is 2.44 bits per heavy atom. The van der Waals surface area contributed by atoms with E-state index in [1.165, 1.54) is 0 Å². The lowest BCUT2D eigenvalue weighted by Crippen LogP contribution is -2.48. The number of esters is 1. The van der Waals surface area contributed by atoms with Crippen LogP contribution >= 0.6 is 0 Å². The molecule has 0 saturated carbocycles. The summed E-state index contributed by atoms with van der Waals surface area (Å²) in [6.07, 6.45) is 1.49. The van der Waals surface area contributed by atoms with Crippen molar-refractivity contribution in [3.8, 4) is 5.75 Å². The van der Waals surface area contributed by atoms with Crippen LogP contribution in [0.25, 0.3) is 0 Å². The number of piperidine rings is 1. The molecule has 1 N–H and O–H groups in total. The Kier molecular flexibility index (Phi) is 7.25. The number of nitrogens with zero attached hydrogens (tertiary/aromatic N) is 1. The number of carbonyl (C=O) groups is 2. The Labute approximate surface area is 149 Å². The molecule has 0 radical (unpaired) electrons. The third kappa shape index (κ3) is 5.46. The molecule has 0 aromatic heterocycles. The van der Waals surface area contributed by atoms with Gasteiger partial charge in [-0.1, -0.05) is 12.1 Å². The van der Waals surface area contributed by atoms with Gasteiger partial charge in [-0.05, 0) is 57.5 Å². The second-order valence-corrected chi connectivity index (χ2v) is 6.30. The van der Waals surface area contributed by atoms with Gasteiger partial charge in [0.25, 0.3) is 0 Å². The van der Waals surface area contributed by atoms with E-state index in [1.54, 1.807) is 7.11 Å². The molecule has 1 heterocycles. The number of nitrogens with one attached hydrogen (secondary N) is 1. The fourth-order valence-electron chi connectivity index (χ4n) is 3.03. The Bertz CT molecular complexity index is 565. The van der Waals surface area contributed by atoms with E-state index in [2.05, 4.69) is 10.2 Å². The number of hydrogen-bond acceptors (Lipinski definition) is 5. The van der Waals surface area contributed by atoms with Crippen molar-refractivity contribution >= 4 is 11.9 Å². The Balaban J connectivity index is 1.77. The molecular weight excluding hydrogens is 320 g/mol. The van der Waals surface area contributed by atoms with Crippen molar-refractivity contribution in [3.63, 3.8) is 0 Å².